The molecule has 3 aromatic carbocycles. The Hall–Kier alpha value is -3.80. The number of carbonyl (C=O) groups is 2. The van der Waals surface area contributed by atoms with Gasteiger partial charge in [-0.1, -0.05) is 18.2 Å². The number of para-hydroxylation sites is 1. The van der Waals surface area contributed by atoms with Gasteiger partial charge in [-0.3, -0.25) is 9.59 Å². The second kappa shape index (κ2) is 9.41. The van der Waals surface area contributed by atoms with Gasteiger partial charge in [-0.25, -0.2) is 0 Å². The number of nitrogens with one attached hydrogen (secondary N) is 3. The van der Waals surface area contributed by atoms with Crippen LogP contribution in [0.3, 0.4) is 0 Å². The SMILES string of the molecule is COc1ccc(NC(=O)c2ccc(NCC(=O)Nc3ccccc3C)cc2)cc1. The maximum Gasteiger partial charge on any atom is 0.255 e. The summed E-state index contributed by atoms with van der Waals surface area (Å²) < 4.78 is 5.10. The average molecular weight is 389 g/mol. The number of hydrogen-bond acceptors (Lipinski definition) is 4. The Balaban J connectivity index is 1.52. The monoisotopic (exact) mass is 389 g/mol. The van der Waals surface area contributed by atoms with E-state index in [1.807, 2.05) is 31.2 Å². The van der Waals surface area contributed by atoms with Crippen LogP contribution in [0.15, 0.2) is 72.8 Å². The predicted molar refractivity (Wildman–Crippen MR) is 116 cm³/mol. The number of rotatable bonds is 7. The molecule has 0 aliphatic carbocycles. The molecule has 0 saturated carbocycles. The van der Waals surface area contributed by atoms with Crippen LogP contribution < -0.4 is 20.7 Å². The molecular formula is C23H23N3O3. The number of anilines is 3. The van der Waals surface area contributed by atoms with Gasteiger partial charge < -0.3 is 20.7 Å². The Morgan fingerprint density at radius 1 is 0.828 bits per heavy atom. The van der Waals surface area contributed by atoms with Crippen molar-refractivity contribution >= 4 is 28.9 Å². The third kappa shape index (κ3) is 5.59. The molecule has 0 aliphatic rings. The molecule has 148 valence electrons. The van der Waals surface area contributed by atoms with Crippen LogP contribution in [0.1, 0.15) is 15.9 Å². The Morgan fingerprint density at radius 2 is 1.48 bits per heavy atom. The van der Waals surface area contributed by atoms with Crippen LogP contribution in [0.2, 0.25) is 0 Å². The van der Waals surface area contributed by atoms with E-state index in [2.05, 4.69) is 16.0 Å². The van der Waals surface area contributed by atoms with Crippen molar-refractivity contribution in [3.8, 4) is 5.75 Å². The maximum atomic E-state index is 12.4. The summed E-state index contributed by atoms with van der Waals surface area (Å²) in [5, 5.41) is 8.76. The second-order valence-corrected chi connectivity index (χ2v) is 6.48. The third-order valence-corrected chi connectivity index (χ3v) is 4.37. The van der Waals surface area contributed by atoms with Crippen molar-refractivity contribution in [2.75, 3.05) is 29.6 Å². The highest BCUT2D eigenvalue weighted by Crippen LogP contribution is 2.17. The quantitative estimate of drug-likeness (QED) is 0.563. The number of aryl methyl sites for hydroxylation is 1. The Morgan fingerprint density at radius 3 is 2.14 bits per heavy atom. The molecule has 29 heavy (non-hydrogen) atoms. The van der Waals surface area contributed by atoms with E-state index in [0.717, 1.165) is 22.7 Å². The Bertz CT molecular complexity index is 983. The standard InChI is InChI=1S/C23H23N3O3/c1-16-5-3-4-6-21(16)26-22(27)15-24-18-9-7-17(8-10-18)23(28)25-19-11-13-20(29-2)14-12-19/h3-14,24H,15H2,1-2H3,(H,25,28)(H,26,27). The van der Waals surface area contributed by atoms with Crippen LogP contribution in [0.5, 0.6) is 5.75 Å². The van der Waals surface area contributed by atoms with Crippen LogP contribution in [0.25, 0.3) is 0 Å². The molecular weight excluding hydrogens is 366 g/mol. The van der Waals surface area contributed by atoms with Gasteiger partial charge in [0.15, 0.2) is 0 Å². The van der Waals surface area contributed by atoms with Crippen LogP contribution in [0, 0.1) is 6.92 Å². The molecule has 3 aromatic rings. The first-order valence-electron chi connectivity index (χ1n) is 9.20. The van der Waals surface area contributed by atoms with E-state index in [9.17, 15) is 9.59 Å². The molecule has 6 heteroatoms. The highest BCUT2D eigenvalue weighted by atomic mass is 16.5. The zero-order chi connectivity index (χ0) is 20.6. The van der Waals surface area contributed by atoms with Crippen molar-refractivity contribution in [2.24, 2.45) is 0 Å². The Kier molecular flexibility index (Phi) is 6.47. The van der Waals surface area contributed by atoms with Crippen LogP contribution in [-0.2, 0) is 4.79 Å². The van der Waals surface area contributed by atoms with Crippen LogP contribution in [-0.4, -0.2) is 25.5 Å². The molecule has 0 saturated heterocycles. The fourth-order valence-electron chi connectivity index (χ4n) is 2.71. The summed E-state index contributed by atoms with van der Waals surface area (Å²) in [5.41, 5.74) is 3.77. The molecule has 6 nitrogen and oxygen atoms in total. The fourth-order valence-corrected chi connectivity index (χ4v) is 2.71. The lowest BCUT2D eigenvalue weighted by atomic mass is 10.2. The Labute approximate surface area is 169 Å². The number of methoxy groups -OCH3 is 1. The fraction of sp³-hybridized carbons (Fsp3) is 0.130. The molecule has 0 radical (unpaired) electrons. The lowest BCUT2D eigenvalue weighted by molar-refractivity contribution is -0.114. The van der Waals surface area contributed by atoms with Crippen molar-refractivity contribution in [2.45, 2.75) is 6.92 Å². The van der Waals surface area contributed by atoms with Gasteiger partial charge in [-0.15, -0.1) is 0 Å². The smallest absolute Gasteiger partial charge is 0.255 e. The lowest BCUT2D eigenvalue weighted by Gasteiger charge is -2.10. The third-order valence-electron chi connectivity index (χ3n) is 4.37. The first kappa shape index (κ1) is 19.9. The molecule has 0 atom stereocenters. The van der Waals surface area contributed by atoms with Gasteiger partial charge >= 0.3 is 0 Å². The van der Waals surface area contributed by atoms with E-state index in [0.29, 0.717) is 11.3 Å². The van der Waals surface area contributed by atoms with E-state index in [1.165, 1.54) is 0 Å². The van der Waals surface area contributed by atoms with Crippen molar-refractivity contribution in [1.29, 1.82) is 0 Å². The number of amides is 2. The van der Waals surface area contributed by atoms with Crippen LogP contribution >= 0.6 is 0 Å². The highest BCUT2D eigenvalue weighted by Gasteiger charge is 2.08. The van der Waals surface area contributed by atoms with Gasteiger partial charge in [0.1, 0.15) is 5.75 Å². The van der Waals surface area contributed by atoms with E-state index in [4.69, 9.17) is 4.74 Å². The van der Waals surface area contributed by atoms with Crippen LogP contribution in [0.4, 0.5) is 17.1 Å². The molecule has 0 spiro atoms. The normalized spacial score (nSPS) is 10.1. The van der Waals surface area contributed by atoms with Gasteiger partial charge in [0.25, 0.3) is 5.91 Å². The van der Waals surface area contributed by atoms with E-state index in [-0.39, 0.29) is 18.4 Å². The average Bonchev–Trinajstić information content (AvgIpc) is 2.75. The molecule has 0 unspecified atom stereocenters. The first-order chi connectivity index (χ1) is 14.0. The lowest BCUT2D eigenvalue weighted by Crippen LogP contribution is -2.22. The summed E-state index contributed by atoms with van der Waals surface area (Å²) in [5.74, 6) is 0.379. The summed E-state index contributed by atoms with van der Waals surface area (Å²) in [6.45, 7) is 2.07. The number of hydrogen-bond donors (Lipinski definition) is 3. The summed E-state index contributed by atoms with van der Waals surface area (Å²) in [7, 11) is 1.59. The summed E-state index contributed by atoms with van der Waals surface area (Å²) in [6.07, 6.45) is 0. The van der Waals surface area contributed by atoms with Gasteiger partial charge in [-0.2, -0.15) is 0 Å². The van der Waals surface area contributed by atoms with E-state index in [1.54, 1.807) is 55.6 Å². The summed E-state index contributed by atoms with van der Waals surface area (Å²) in [4.78, 5) is 24.5. The number of ether oxygens (including phenoxy) is 1. The number of carbonyl (C=O) groups excluding carboxylic acids is 2. The minimum Gasteiger partial charge on any atom is -0.497 e. The van der Waals surface area contributed by atoms with E-state index < -0.39 is 0 Å². The molecule has 0 aromatic heterocycles. The molecule has 0 heterocycles. The minimum absolute atomic E-state index is 0.131. The zero-order valence-electron chi connectivity index (χ0n) is 16.4. The van der Waals surface area contributed by atoms with Gasteiger partial charge in [0, 0.05) is 22.6 Å². The van der Waals surface area contributed by atoms with Gasteiger partial charge in [0.05, 0.1) is 13.7 Å². The largest absolute Gasteiger partial charge is 0.497 e. The van der Waals surface area contributed by atoms with Gasteiger partial charge in [0.2, 0.25) is 5.91 Å². The van der Waals surface area contributed by atoms with E-state index >= 15 is 0 Å². The summed E-state index contributed by atoms with van der Waals surface area (Å²) in [6, 6.07) is 21.7. The zero-order valence-corrected chi connectivity index (χ0v) is 16.4. The molecule has 0 aliphatic heterocycles. The second-order valence-electron chi connectivity index (χ2n) is 6.48. The molecule has 2 amide bonds. The minimum atomic E-state index is -0.209. The predicted octanol–water partition coefficient (Wildman–Crippen LogP) is 4.31. The topological polar surface area (TPSA) is 79.5 Å². The highest BCUT2D eigenvalue weighted by molar-refractivity contribution is 6.04. The molecule has 3 rings (SSSR count). The van der Waals surface area contributed by atoms with Crippen molar-refractivity contribution in [1.82, 2.24) is 0 Å². The van der Waals surface area contributed by atoms with Crippen molar-refractivity contribution in [3.05, 3.63) is 83.9 Å². The van der Waals surface area contributed by atoms with Gasteiger partial charge in [-0.05, 0) is 67.1 Å². The molecule has 0 bridgehead atoms. The first-order valence-corrected chi connectivity index (χ1v) is 9.20. The van der Waals surface area contributed by atoms with Crippen molar-refractivity contribution < 1.29 is 14.3 Å². The summed E-state index contributed by atoms with van der Waals surface area (Å²) >= 11 is 0. The number of benzene rings is 3. The molecule has 3 N–H and O–H groups in total. The van der Waals surface area contributed by atoms with Crippen molar-refractivity contribution in [3.63, 3.8) is 0 Å². The molecule has 0 fully saturated rings. The maximum absolute atomic E-state index is 12.4.